The number of azide groups is 1. The maximum Gasteiger partial charge on any atom is 2.00 e. The van der Waals surface area contributed by atoms with Crippen LogP contribution in [0.5, 0.6) is 0 Å². The maximum absolute atomic E-state index is 12.9. The van der Waals surface area contributed by atoms with Gasteiger partial charge in [-0.05, 0) is 11.2 Å². The minimum absolute atomic E-state index is 0. The van der Waals surface area contributed by atoms with Crippen molar-refractivity contribution in [2.75, 3.05) is 0 Å². The normalized spacial score (nSPS) is 8.12. The Hall–Kier alpha value is -0.992. The molecular weight excluding hydrogens is 391 g/mol. The Labute approximate surface area is 106 Å². The third kappa shape index (κ3) is 3.87. The first-order valence-electron chi connectivity index (χ1n) is 3.90. The van der Waals surface area contributed by atoms with Crippen molar-refractivity contribution in [1.82, 2.24) is 0 Å². The second-order valence-corrected chi connectivity index (χ2v) is 2.23. The molecule has 0 fully saturated rings. The molecule has 0 radical (unpaired) electrons. The van der Waals surface area contributed by atoms with Crippen LogP contribution >= 0.6 is 0 Å². The van der Waals surface area contributed by atoms with Crippen molar-refractivity contribution in [3.63, 3.8) is 0 Å². The van der Waals surface area contributed by atoms with Crippen molar-refractivity contribution in [2.24, 2.45) is 5.11 Å². The van der Waals surface area contributed by atoms with Crippen molar-refractivity contribution in [3.8, 4) is 0 Å². The van der Waals surface area contributed by atoms with Crippen LogP contribution < -0.4 is 0 Å². The van der Waals surface area contributed by atoms with Crippen LogP contribution in [0.15, 0.2) is 5.11 Å². The number of benzene rings is 1. The molecule has 0 heterocycles. The fraction of sp³-hybridized carbons (Fsp3) is 0.222. The Morgan fingerprint density at radius 1 is 1.25 bits per heavy atom. The quantitative estimate of drug-likeness (QED) is 0.226. The minimum Gasteiger partial charge on any atom is -0.346 e. The molecule has 0 unspecified atom stereocenters. The zero-order valence-electron chi connectivity index (χ0n) is 8.59. The van der Waals surface area contributed by atoms with Gasteiger partial charge in [0.1, 0.15) is 0 Å². The molecule has 0 aliphatic heterocycles. The van der Waals surface area contributed by atoms with Gasteiger partial charge in [-0.15, -0.1) is 11.6 Å². The second-order valence-electron chi connectivity index (χ2n) is 2.23. The predicted octanol–water partition coefficient (Wildman–Crippen LogP) is 3.99. The average Bonchev–Trinajstić information content (AvgIpc) is 2.24. The van der Waals surface area contributed by atoms with E-state index in [2.05, 4.69) is 16.9 Å². The number of nitrogens with zero attached hydrogens (tertiary/aromatic N) is 3. The Kier molecular flexibility index (Phi) is 8.91. The van der Waals surface area contributed by atoms with E-state index in [4.69, 9.17) is 5.53 Å². The van der Waals surface area contributed by atoms with E-state index in [9.17, 15) is 13.2 Å². The van der Waals surface area contributed by atoms with Crippen molar-refractivity contribution >= 4 is 5.69 Å². The molecule has 0 saturated carbocycles. The average molecular weight is 399 g/mol. The van der Waals surface area contributed by atoms with Gasteiger partial charge in [-0.2, -0.15) is 6.92 Å². The van der Waals surface area contributed by atoms with E-state index in [0.29, 0.717) is 0 Å². The Morgan fingerprint density at radius 3 is 2.19 bits per heavy atom. The van der Waals surface area contributed by atoms with Crippen LogP contribution in [0.25, 0.3) is 10.4 Å². The molecule has 0 aromatic heterocycles. The Morgan fingerprint density at radius 2 is 1.75 bits per heavy atom. The standard InChI is InChI=1S/C7H3F3N3.C2H5.W/c1-3-2-4(8)6(10)7(5(3)9)12-13-11;1-2;/h1H3;1H2,2H3;/q2*-1;+2. The largest absolute Gasteiger partial charge is 2.00 e. The van der Waals surface area contributed by atoms with Crippen LogP contribution in [0.3, 0.4) is 0 Å². The SMILES string of the molecule is Cc1[c-]c(F)c(F)c(N=[N+]=[N-])c1F.[CH2-]C.[W+2]. The van der Waals surface area contributed by atoms with Crippen molar-refractivity contribution in [3.05, 3.63) is 46.4 Å². The molecule has 86 valence electrons. The molecule has 0 aliphatic rings. The molecular formula is C9H8F3N3W. The first-order chi connectivity index (χ1) is 7.07. The molecule has 0 saturated heterocycles. The first-order valence-corrected chi connectivity index (χ1v) is 3.90. The van der Waals surface area contributed by atoms with Gasteiger partial charge >= 0.3 is 21.1 Å². The molecule has 1 aromatic carbocycles. The fourth-order valence-electron chi connectivity index (χ4n) is 0.785. The van der Waals surface area contributed by atoms with Gasteiger partial charge < -0.3 is 6.92 Å². The molecule has 1 rings (SSSR count). The van der Waals surface area contributed by atoms with Gasteiger partial charge in [0, 0.05) is 16.5 Å². The topological polar surface area (TPSA) is 48.8 Å². The molecule has 16 heavy (non-hydrogen) atoms. The van der Waals surface area contributed by atoms with Gasteiger partial charge in [-0.1, -0.05) is 12.0 Å². The van der Waals surface area contributed by atoms with Crippen molar-refractivity contribution in [1.29, 1.82) is 0 Å². The summed E-state index contributed by atoms with van der Waals surface area (Å²) in [7, 11) is 0. The molecule has 1 aromatic rings. The minimum atomic E-state index is -1.53. The van der Waals surface area contributed by atoms with E-state index in [0.717, 1.165) is 0 Å². The Bertz CT molecular complexity index is 377. The van der Waals surface area contributed by atoms with E-state index < -0.39 is 23.1 Å². The monoisotopic (exact) mass is 399 g/mol. The van der Waals surface area contributed by atoms with E-state index in [-0.39, 0.29) is 26.6 Å². The zero-order chi connectivity index (χ0) is 12.0. The fourth-order valence-corrected chi connectivity index (χ4v) is 0.785. The summed E-state index contributed by atoms with van der Waals surface area (Å²) in [5.74, 6) is -3.99. The summed E-state index contributed by atoms with van der Waals surface area (Å²) in [6.45, 7) is 6.19. The molecule has 3 nitrogen and oxygen atoms in total. The number of hydrogen-bond acceptors (Lipinski definition) is 1. The van der Waals surface area contributed by atoms with E-state index >= 15 is 0 Å². The van der Waals surface area contributed by atoms with Crippen LogP contribution in [0.1, 0.15) is 12.5 Å². The smallest absolute Gasteiger partial charge is 0.346 e. The van der Waals surface area contributed by atoms with Crippen molar-refractivity contribution in [2.45, 2.75) is 13.8 Å². The third-order valence-corrected chi connectivity index (χ3v) is 1.38. The Balaban J connectivity index is 0. The number of rotatable bonds is 1. The first kappa shape index (κ1) is 17.4. The summed E-state index contributed by atoms with van der Waals surface area (Å²) in [5, 5.41) is 2.70. The van der Waals surface area contributed by atoms with Crippen LogP contribution in [0.4, 0.5) is 18.9 Å². The number of hydrogen-bond donors (Lipinski definition) is 0. The van der Waals surface area contributed by atoms with Crippen LogP contribution in [0, 0.1) is 37.4 Å². The summed E-state index contributed by atoms with van der Waals surface area (Å²) in [6, 6.07) is 1.81. The summed E-state index contributed by atoms with van der Waals surface area (Å²) in [5.41, 5.74) is 6.75. The number of aryl methyl sites for hydroxylation is 1. The molecule has 0 spiro atoms. The third-order valence-electron chi connectivity index (χ3n) is 1.38. The molecule has 0 N–H and O–H groups in total. The van der Waals surface area contributed by atoms with Crippen LogP contribution in [-0.4, -0.2) is 0 Å². The second kappa shape index (κ2) is 8.19. The zero-order valence-corrected chi connectivity index (χ0v) is 11.5. The maximum atomic E-state index is 12.9. The molecule has 0 aliphatic carbocycles. The van der Waals surface area contributed by atoms with Gasteiger partial charge in [0.15, 0.2) is 0 Å². The van der Waals surface area contributed by atoms with Crippen molar-refractivity contribution < 1.29 is 34.2 Å². The summed E-state index contributed by atoms with van der Waals surface area (Å²) in [4.78, 5) is 2.17. The van der Waals surface area contributed by atoms with E-state index in [1.165, 1.54) is 6.92 Å². The predicted molar refractivity (Wildman–Crippen MR) is 49.7 cm³/mol. The summed E-state index contributed by atoms with van der Waals surface area (Å²) < 4.78 is 38.2. The van der Waals surface area contributed by atoms with Crippen LogP contribution in [0.2, 0.25) is 0 Å². The van der Waals surface area contributed by atoms with Gasteiger partial charge in [0.05, 0.1) is 5.82 Å². The van der Waals surface area contributed by atoms with E-state index in [1.54, 1.807) is 13.0 Å². The molecule has 0 amide bonds. The van der Waals surface area contributed by atoms with Gasteiger partial charge in [0.2, 0.25) is 0 Å². The summed E-state index contributed by atoms with van der Waals surface area (Å²) in [6.07, 6.45) is 0. The van der Waals surface area contributed by atoms with Gasteiger partial charge in [-0.3, -0.25) is 8.78 Å². The molecule has 0 atom stereocenters. The summed E-state index contributed by atoms with van der Waals surface area (Å²) >= 11 is 0. The van der Waals surface area contributed by atoms with Crippen LogP contribution in [-0.2, 0) is 21.1 Å². The van der Waals surface area contributed by atoms with Gasteiger partial charge in [0.25, 0.3) is 0 Å². The van der Waals surface area contributed by atoms with Gasteiger partial charge in [-0.25, -0.2) is 4.39 Å². The molecule has 7 heteroatoms. The molecule has 0 bridgehead atoms. The number of halogens is 3. The van der Waals surface area contributed by atoms with E-state index in [1.807, 2.05) is 0 Å².